The van der Waals surface area contributed by atoms with Crippen LogP contribution >= 0.6 is 22.7 Å². The van der Waals surface area contributed by atoms with Gasteiger partial charge in [-0.1, -0.05) is 6.07 Å². The lowest BCUT2D eigenvalue weighted by Crippen LogP contribution is -2.23. The first-order chi connectivity index (χ1) is 12.2. The minimum atomic E-state index is -0.482. The Kier molecular flexibility index (Phi) is 4.33. The maximum absolute atomic E-state index is 12.3. The van der Waals surface area contributed by atoms with Crippen LogP contribution in [0.15, 0.2) is 47.2 Å². The average molecular weight is 370 g/mol. The summed E-state index contributed by atoms with van der Waals surface area (Å²) in [7, 11) is 0. The molecule has 0 aliphatic carbocycles. The zero-order chi connectivity index (χ0) is 17.2. The number of amides is 1. The van der Waals surface area contributed by atoms with Gasteiger partial charge in [-0.05, 0) is 42.1 Å². The maximum atomic E-state index is 12.3. The van der Waals surface area contributed by atoms with Crippen LogP contribution in [0.4, 0.5) is 5.69 Å². The third-order valence-corrected chi connectivity index (χ3v) is 5.76. The van der Waals surface area contributed by atoms with E-state index < -0.39 is 5.97 Å². The van der Waals surface area contributed by atoms with Gasteiger partial charge in [0.05, 0.1) is 4.88 Å². The van der Waals surface area contributed by atoms with E-state index in [1.807, 2.05) is 17.5 Å². The fraction of sp³-hybridized carbons (Fsp3) is 0.167. The van der Waals surface area contributed by atoms with Gasteiger partial charge in [0.25, 0.3) is 0 Å². The van der Waals surface area contributed by atoms with Gasteiger partial charge in [0.15, 0.2) is 5.69 Å². The molecule has 2 aromatic heterocycles. The molecule has 126 valence electrons. The summed E-state index contributed by atoms with van der Waals surface area (Å²) in [6.07, 6.45) is 1.47. The Balaban J connectivity index is 1.45. The molecule has 1 saturated heterocycles. The lowest BCUT2D eigenvalue weighted by molar-refractivity contribution is -0.117. The Hall–Kier alpha value is -2.51. The largest absolute Gasteiger partial charge is 0.422 e. The van der Waals surface area contributed by atoms with E-state index in [1.54, 1.807) is 45.9 Å². The predicted octanol–water partition coefficient (Wildman–Crippen LogP) is 4.22. The van der Waals surface area contributed by atoms with E-state index in [1.165, 1.54) is 11.3 Å². The minimum Gasteiger partial charge on any atom is -0.422 e. The van der Waals surface area contributed by atoms with Crippen LogP contribution in [0.3, 0.4) is 0 Å². The summed E-state index contributed by atoms with van der Waals surface area (Å²) in [6, 6.07) is 10.9. The minimum absolute atomic E-state index is 0.133. The molecule has 3 aromatic rings. The molecule has 1 aliphatic heterocycles. The second-order valence-corrected chi connectivity index (χ2v) is 7.35. The molecule has 0 radical (unpaired) electrons. The van der Waals surface area contributed by atoms with Crippen molar-refractivity contribution in [2.75, 3.05) is 11.4 Å². The number of aromatic nitrogens is 1. The van der Waals surface area contributed by atoms with Crippen molar-refractivity contribution in [1.29, 1.82) is 0 Å². The quantitative estimate of drug-likeness (QED) is 0.510. The molecule has 3 heterocycles. The summed E-state index contributed by atoms with van der Waals surface area (Å²) in [4.78, 5) is 31.1. The number of thiazole rings is 1. The van der Waals surface area contributed by atoms with E-state index in [0.717, 1.165) is 28.5 Å². The summed E-state index contributed by atoms with van der Waals surface area (Å²) < 4.78 is 5.38. The van der Waals surface area contributed by atoms with Crippen LogP contribution in [0.1, 0.15) is 23.3 Å². The normalized spacial score (nSPS) is 14.1. The van der Waals surface area contributed by atoms with Crippen molar-refractivity contribution in [2.45, 2.75) is 12.8 Å². The summed E-state index contributed by atoms with van der Waals surface area (Å²) in [6.45, 7) is 0.738. The summed E-state index contributed by atoms with van der Waals surface area (Å²) >= 11 is 3.00. The van der Waals surface area contributed by atoms with Crippen LogP contribution in [0.25, 0.3) is 9.88 Å². The van der Waals surface area contributed by atoms with Crippen LogP contribution in [0, 0.1) is 0 Å². The van der Waals surface area contributed by atoms with Gasteiger partial charge in [-0.15, -0.1) is 22.7 Å². The highest BCUT2D eigenvalue weighted by molar-refractivity contribution is 7.20. The zero-order valence-electron chi connectivity index (χ0n) is 13.2. The summed E-state index contributed by atoms with van der Waals surface area (Å²) in [5, 5.41) is 4.49. The predicted molar refractivity (Wildman–Crippen MR) is 98.4 cm³/mol. The van der Waals surface area contributed by atoms with Gasteiger partial charge in [0.1, 0.15) is 10.8 Å². The van der Waals surface area contributed by atoms with Crippen LogP contribution < -0.4 is 9.64 Å². The van der Waals surface area contributed by atoms with E-state index in [9.17, 15) is 9.59 Å². The van der Waals surface area contributed by atoms with Crippen LogP contribution in [-0.4, -0.2) is 23.4 Å². The fourth-order valence-corrected chi connectivity index (χ4v) is 4.26. The van der Waals surface area contributed by atoms with E-state index in [2.05, 4.69) is 4.98 Å². The Labute approximate surface area is 152 Å². The lowest BCUT2D eigenvalue weighted by Gasteiger charge is -2.15. The molecule has 5 nitrogen and oxygen atoms in total. The fourth-order valence-electron chi connectivity index (χ4n) is 2.66. The smallest absolute Gasteiger partial charge is 0.363 e. The van der Waals surface area contributed by atoms with Crippen LogP contribution in [0.5, 0.6) is 5.75 Å². The Morgan fingerprint density at radius 1 is 1.16 bits per heavy atom. The number of carbonyl (C=O) groups excluding carboxylic acids is 2. The van der Waals surface area contributed by atoms with Crippen molar-refractivity contribution in [3.8, 4) is 15.6 Å². The molecule has 1 amide bonds. The Bertz CT molecular complexity index is 901. The van der Waals surface area contributed by atoms with Gasteiger partial charge in [0, 0.05) is 24.0 Å². The number of ether oxygens (including phenoxy) is 1. The highest BCUT2D eigenvalue weighted by Crippen LogP contribution is 2.28. The van der Waals surface area contributed by atoms with Gasteiger partial charge < -0.3 is 9.64 Å². The van der Waals surface area contributed by atoms with E-state index >= 15 is 0 Å². The van der Waals surface area contributed by atoms with Crippen molar-refractivity contribution >= 4 is 40.2 Å². The van der Waals surface area contributed by atoms with Crippen LogP contribution in [0.2, 0.25) is 0 Å². The lowest BCUT2D eigenvalue weighted by atomic mass is 10.3. The monoisotopic (exact) mass is 370 g/mol. The maximum Gasteiger partial charge on any atom is 0.363 e. The number of hydrogen-bond donors (Lipinski definition) is 0. The van der Waals surface area contributed by atoms with Gasteiger partial charge in [-0.2, -0.15) is 0 Å². The molecule has 1 aromatic carbocycles. The third kappa shape index (κ3) is 3.33. The third-order valence-electron chi connectivity index (χ3n) is 3.88. The molecule has 0 atom stereocenters. The number of anilines is 1. The Morgan fingerprint density at radius 3 is 2.68 bits per heavy atom. The number of thiophene rings is 1. The number of benzene rings is 1. The highest BCUT2D eigenvalue weighted by atomic mass is 32.1. The second-order valence-electron chi connectivity index (χ2n) is 5.55. The number of esters is 1. The average Bonchev–Trinajstić information content (AvgIpc) is 3.36. The summed E-state index contributed by atoms with van der Waals surface area (Å²) in [5.74, 6) is 0.0865. The standard InChI is InChI=1S/C18H14N2O3S2/c21-16-4-1-9-20(16)12-5-7-13(8-6-12)23-18(22)14-11-25-17(19-14)15-3-2-10-24-15/h2-3,5-8,10-11H,1,4,9H2. The molecule has 0 saturated carbocycles. The number of hydrogen-bond acceptors (Lipinski definition) is 6. The molecule has 25 heavy (non-hydrogen) atoms. The molecular formula is C18H14N2O3S2. The second kappa shape index (κ2) is 6.78. The molecule has 0 unspecified atom stereocenters. The molecule has 7 heteroatoms. The number of nitrogens with zero attached hydrogens (tertiary/aromatic N) is 2. The highest BCUT2D eigenvalue weighted by Gasteiger charge is 2.21. The van der Waals surface area contributed by atoms with Crippen molar-refractivity contribution in [3.63, 3.8) is 0 Å². The first kappa shape index (κ1) is 16.0. The van der Waals surface area contributed by atoms with Gasteiger partial charge in [-0.3, -0.25) is 4.79 Å². The van der Waals surface area contributed by atoms with Crippen molar-refractivity contribution in [2.24, 2.45) is 0 Å². The molecule has 0 bridgehead atoms. The molecular weight excluding hydrogens is 356 g/mol. The first-order valence-corrected chi connectivity index (χ1v) is 9.59. The van der Waals surface area contributed by atoms with Gasteiger partial charge in [-0.25, -0.2) is 9.78 Å². The van der Waals surface area contributed by atoms with Gasteiger partial charge in [0.2, 0.25) is 5.91 Å². The SMILES string of the molecule is O=C(Oc1ccc(N2CCCC2=O)cc1)c1csc(-c2cccs2)n1. The molecule has 4 rings (SSSR count). The molecule has 1 aliphatic rings. The van der Waals surface area contributed by atoms with Gasteiger partial charge >= 0.3 is 5.97 Å². The first-order valence-electron chi connectivity index (χ1n) is 7.83. The zero-order valence-corrected chi connectivity index (χ0v) is 14.8. The molecule has 0 spiro atoms. The van der Waals surface area contributed by atoms with E-state index in [-0.39, 0.29) is 5.91 Å². The van der Waals surface area contributed by atoms with Crippen molar-refractivity contribution < 1.29 is 14.3 Å². The van der Waals surface area contributed by atoms with E-state index in [4.69, 9.17) is 4.74 Å². The van der Waals surface area contributed by atoms with Crippen molar-refractivity contribution in [3.05, 3.63) is 52.9 Å². The summed E-state index contributed by atoms with van der Waals surface area (Å²) in [5.41, 5.74) is 1.13. The Morgan fingerprint density at radius 2 is 2.00 bits per heavy atom. The molecule has 0 N–H and O–H groups in total. The van der Waals surface area contributed by atoms with E-state index in [0.29, 0.717) is 17.9 Å². The molecule has 1 fully saturated rings. The number of rotatable bonds is 4. The van der Waals surface area contributed by atoms with Crippen molar-refractivity contribution in [1.82, 2.24) is 4.98 Å². The van der Waals surface area contributed by atoms with Crippen LogP contribution in [-0.2, 0) is 4.79 Å². The number of carbonyl (C=O) groups is 2. The topological polar surface area (TPSA) is 59.5 Å².